The molecule has 0 spiro atoms. The molecule has 2 aromatic carbocycles. The average Bonchev–Trinajstić information content (AvgIpc) is 3.51. The number of likely N-dealkylation sites (tertiary alicyclic amines) is 1. The maximum atomic E-state index is 15.1. The number of halogens is 3. The lowest BCUT2D eigenvalue weighted by atomic mass is 10.1. The van der Waals surface area contributed by atoms with Gasteiger partial charge in [0, 0.05) is 42.3 Å². The molecule has 0 saturated carbocycles. The van der Waals surface area contributed by atoms with Gasteiger partial charge in [-0.25, -0.2) is 9.18 Å². The zero-order chi connectivity index (χ0) is 24.5. The van der Waals surface area contributed by atoms with Crippen LogP contribution in [0, 0.1) is 5.82 Å². The molecule has 0 N–H and O–H groups in total. The maximum Gasteiger partial charge on any atom is 0.324 e. The first-order chi connectivity index (χ1) is 16.9. The fourth-order valence-electron chi connectivity index (χ4n) is 4.24. The van der Waals surface area contributed by atoms with E-state index >= 15 is 4.39 Å². The summed E-state index contributed by atoms with van der Waals surface area (Å²) in [7, 11) is 1.82. The summed E-state index contributed by atoms with van der Waals surface area (Å²) in [5.41, 5.74) is 1.91. The Bertz CT molecular complexity index is 1360. The van der Waals surface area contributed by atoms with E-state index in [0.29, 0.717) is 18.8 Å². The van der Waals surface area contributed by atoms with Crippen LogP contribution in [0.5, 0.6) is 0 Å². The van der Waals surface area contributed by atoms with Crippen LogP contribution in [0.25, 0.3) is 22.4 Å². The molecule has 2 amide bonds. The third kappa shape index (κ3) is 4.58. The molecule has 11 heteroatoms. The summed E-state index contributed by atoms with van der Waals surface area (Å²) in [6.45, 7) is 1.28. The van der Waals surface area contributed by atoms with E-state index < -0.39 is 18.1 Å². The van der Waals surface area contributed by atoms with Crippen molar-refractivity contribution in [3.63, 3.8) is 0 Å². The molecule has 1 aliphatic heterocycles. The van der Waals surface area contributed by atoms with Crippen LogP contribution in [0.3, 0.4) is 0 Å². The number of piperidine rings is 1. The average molecular weight is 484 g/mol. The number of urea groups is 1. The summed E-state index contributed by atoms with van der Waals surface area (Å²) >= 11 is 0. The van der Waals surface area contributed by atoms with Crippen molar-refractivity contribution >= 4 is 22.6 Å². The van der Waals surface area contributed by atoms with Gasteiger partial charge in [0.25, 0.3) is 5.89 Å². The minimum Gasteiger partial charge on any atom is -0.415 e. The highest BCUT2D eigenvalue weighted by Crippen LogP contribution is 2.28. The number of fused-ring (bicyclic) bond motifs is 1. The second-order valence-electron chi connectivity index (χ2n) is 8.48. The van der Waals surface area contributed by atoms with Crippen LogP contribution in [0.2, 0.25) is 0 Å². The van der Waals surface area contributed by atoms with E-state index in [2.05, 4.69) is 15.3 Å². The van der Waals surface area contributed by atoms with Crippen molar-refractivity contribution in [3.05, 3.63) is 59.9 Å². The van der Waals surface area contributed by atoms with Crippen LogP contribution in [0.1, 0.15) is 37.1 Å². The van der Waals surface area contributed by atoms with E-state index in [1.54, 1.807) is 20.7 Å². The highest BCUT2D eigenvalue weighted by Gasteiger charge is 2.26. The zero-order valence-electron chi connectivity index (χ0n) is 19.0. The van der Waals surface area contributed by atoms with Crippen LogP contribution in [0.4, 0.5) is 23.7 Å². The minimum atomic E-state index is -2.91. The predicted molar refractivity (Wildman–Crippen MR) is 122 cm³/mol. The second kappa shape index (κ2) is 9.40. The van der Waals surface area contributed by atoms with E-state index in [1.165, 1.54) is 12.1 Å². The highest BCUT2D eigenvalue weighted by molar-refractivity contribution is 5.94. The number of carbonyl (C=O) groups excluding carboxylic acids is 1. The van der Waals surface area contributed by atoms with Gasteiger partial charge in [0.2, 0.25) is 5.89 Å². The molecule has 1 aliphatic rings. The quantitative estimate of drug-likeness (QED) is 0.383. The summed E-state index contributed by atoms with van der Waals surface area (Å²) in [5, 5.41) is 12.0. The number of anilines is 1. The molecule has 4 aromatic rings. The van der Waals surface area contributed by atoms with E-state index in [9.17, 15) is 13.6 Å². The van der Waals surface area contributed by atoms with Crippen molar-refractivity contribution in [2.45, 2.75) is 32.2 Å². The van der Waals surface area contributed by atoms with Crippen LogP contribution in [-0.2, 0) is 13.6 Å². The lowest BCUT2D eigenvalue weighted by Crippen LogP contribution is -2.45. The lowest BCUT2D eigenvalue weighted by molar-refractivity contribution is 0.116. The van der Waals surface area contributed by atoms with Gasteiger partial charge in [-0.05, 0) is 49.6 Å². The Morgan fingerprint density at radius 3 is 2.63 bits per heavy atom. The third-order valence-electron chi connectivity index (χ3n) is 6.16. The Kier molecular flexibility index (Phi) is 6.14. The fraction of sp³-hybridized carbons (Fsp3) is 0.333. The Morgan fingerprint density at radius 1 is 1.11 bits per heavy atom. The van der Waals surface area contributed by atoms with Crippen molar-refractivity contribution in [2.24, 2.45) is 7.05 Å². The number of aryl methyl sites for hydroxylation is 1. The number of carbonyl (C=O) groups is 1. The molecule has 0 bridgehead atoms. The fourth-order valence-corrected chi connectivity index (χ4v) is 4.24. The van der Waals surface area contributed by atoms with Crippen molar-refractivity contribution in [3.8, 4) is 11.5 Å². The van der Waals surface area contributed by atoms with Gasteiger partial charge in [-0.1, -0.05) is 6.07 Å². The van der Waals surface area contributed by atoms with Gasteiger partial charge in [0.05, 0.1) is 18.3 Å². The van der Waals surface area contributed by atoms with E-state index in [0.717, 1.165) is 36.2 Å². The van der Waals surface area contributed by atoms with Gasteiger partial charge in [0.1, 0.15) is 5.82 Å². The first kappa shape index (κ1) is 22.9. The lowest BCUT2D eigenvalue weighted by Gasteiger charge is -2.33. The molecule has 0 atom stereocenters. The number of hydrogen-bond donors (Lipinski definition) is 0. The Hall–Kier alpha value is -3.89. The number of aromatic nitrogens is 4. The van der Waals surface area contributed by atoms with Gasteiger partial charge in [-0.15, -0.1) is 10.2 Å². The van der Waals surface area contributed by atoms with Gasteiger partial charge in [0.15, 0.2) is 0 Å². The predicted octanol–water partition coefficient (Wildman–Crippen LogP) is 5.31. The minimum absolute atomic E-state index is 0.0169. The number of nitrogens with zero attached hydrogens (tertiary/aromatic N) is 6. The smallest absolute Gasteiger partial charge is 0.324 e. The van der Waals surface area contributed by atoms with Crippen LogP contribution in [-0.4, -0.2) is 44.0 Å². The highest BCUT2D eigenvalue weighted by atomic mass is 19.3. The Morgan fingerprint density at radius 2 is 1.91 bits per heavy atom. The molecule has 35 heavy (non-hydrogen) atoms. The van der Waals surface area contributed by atoms with Crippen molar-refractivity contribution in [2.75, 3.05) is 18.0 Å². The normalized spacial score (nSPS) is 14.1. The molecule has 8 nitrogen and oxygen atoms in total. The number of rotatable bonds is 5. The standard InChI is InChI=1S/C24H23F3N6O2/c1-31-20-12-18(8-7-16(20)13-28-31)33(24(34)32-9-3-2-4-10-32)14-17-6-5-15(11-19(17)25)22-29-30-23(35-22)21(26)27/h5-8,11-13,21H,2-4,9-10,14H2,1H3. The molecule has 3 heterocycles. The summed E-state index contributed by atoms with van der Waals surface area (Å²) in [6, 6.07) is 9.51. The Balaban J connectivity index is 1.47. The summed E-state index contributed by atoms with van der Waals surface area (Å²) < 4.78 is 47.3. The topological polar surface area (TPSA) is 80.3 Å². The van der Waals surface area contributed by atoms with E-state index in [-0.39, 0.29) is 29.6 Å². The van der Waals surface area contributed by atoms with Crippen molar-refractivity contribution < 1.29 is 22.4 Å². The number of amides is 2. The number of alkyl halides is 2. The van der Waals surface area contributed by atoms with Gasteiger partial charge >= 0.3 is 12.5 Å². The van der Waals surface area contributed by atoms with Crippen LogP contribution in [0.15, 0.2) is 47.0 Å². The van der Waals surface area contributed by atoms with Crippen LogP contribution >= 0.6 is 0 Å². The Labute approximate surface area is 198 Å². The molecule has 1 fully saturated rings. The third-order valence-corrected chi connectivity index (χ3v) is 6.16. The molecule has 1 saturated heterocycles. The van der Waals surface area contributed by atoms with E-state index in [4.69, 9.17) is 4.42 Å². The largest absolute Gasteiger partial charge is 0.415 e. The SMILES string of the molecule is Cn1ncc2ccc(N(Cc3ccc(-c4nnc(C(F)F)o4)cc3F)C(=O)N3CCCCC3)cc21. The van der Waals surface area contributed by atoms with Gasteiger partial charge in [-0.2, -0.15) is 13.9 Å². The van der Waals surface area contributed by atoms with Crippen molar-refractivity contribution in [1.29, 1.82) is 0 Å². The van der Waals surface area contributed by atoms with Crippen molar-refractivity contribution in [1.82, 2.24) is 24.9 Å². The monoisotopic (exact) mass is 484 g/mol. The van der Waals surface area contributed by atoms with Crippen LogP contribution < -0.4 is 4.90 Å². The summed E-state index contributed by atoms with van der Waals surface area (Å²) in [4.78, 5) is 16.9. The molecular weight excluding hydrogens is 461 g/mol. The zero-order valence-corrected chi connectivity index (χ0v) is 19.0. The first-order valence-electron chi connectivity index (χ1n) is 11.3. The molecule has 0 radical (unpaired) electrons. The molecule has 2 aromatic heterocycles. The molecule has 182 valence electrons. The second-order valence-corrected chi connectivity index (χ2v) is 8.48. The number of hydrogen-bond acceptors (Lipinski definition) is 5. The summed E-state index contributed by atoms with van der Waals surface area (Å²) in [5.74, 6) is -1.64. The molecule has 0 unspecified atom stereocenters. The molecule has 0 aliphatic carbocycles. The molecule has 5 rings (SSSR count). The van der Waals surface area contributed by atoms with Gasteiger partial charge < -0.3 is 9.32 Å². The first-order valence-corrected chi connectivity index (χ1v) is 11.3. The molecular formula is C24H23F3N6O2. The van der Waals surface area contributed by atoms with Gasteiger partial charge in [-0.3, -0.25) is 9.58 Å². The summed E-state index contributed by atoms with van der Waals surface area (Å²) in [6.07, 6.45) is 1.75. The van der Waals surface area contributed by atoms with E-state index in [1.807, 2.05) is 25.2 Å². The number of benzene rings is 2. The maximum absolute atomic E-state index is 15.1.